The smallest absolute Gasteiger partial charge is 0.0340 e. The lowest BCUT2D eigenvalue weighted by Gasteiger charge is -2.08. The fraction of sp³-hybridized carbons (Fsp3) is 0.333. The Morgan fingerprint density at radius 3 is 3.00 bits per heavy atom. The van der Waals surface area contributed by atoms with E-state index in [1.54, 1.807) is 11.3 Å². The molecule has 1 heterocycles. The van der Waals surface area contributed by atoms with Crippen LogP contribution >= 0.6 is 11.3 Å². The molecular formula is C9H13NS. The Balaban J connectivity index is 2.56. The number of thiophene rings is 1. The summed E-state index contributed by atoms with van der Waals surface area (Å²) in [4.78, 5) is 0. The molecule has 0 spiro atoms. The van der Waals surface area contributed by atoms with Gasteiger partial charge in [0.05, 0.1) is 0 Å². The topological polar surface area (TPSA) is 26.0 Å². The van der Waals surface area contributed by atoms with Crippen molar-refractivity contribution in [1.29, 1.82) is 0 Å². The summed E-state index contributed by atoms with van der Waals surface area (Å²) in [6.45, 7) is 5.83. The van der Waals surface area contributed by atoms with Gasteiger partial charge in [-0.05, 0) is 35.7 Å². The highest BCUT2D eigenvalue weighted by atomic mass is 32.1. The molecule has 1 atom stereocenters. The Hall–Kier alpha value is -0.600. The summed E-state index contributed by atoms with van der Waals surface area (Å²) in [6, 6.07) is 2.21. The predicted molar refractivity (Wildman–Crippen MR) is 50.7 cm³/mol. The van der Waals surface area contributed by atoms with Crippen LogP contribution in [0.2, 0.25) is 0 Å². The van der Waals surface area contributed by atoms with Crippen LogP contribution in [0.1, 0.15) is 24.9 Å². The monoisotopic (exact) mass is 167 g/mol. The van der Waals surface area contributed by atoms with Crippen molar-refractivity contribution < 1.29 is 0 Å². The Kier molecular flexibility index (Phi) is 2.85. The van der Waals surface area contributed by atoms with Crippen LogP contribution in [0.25, 0.3) is 0 Å². The molecule has 0 unspecified atom stereocenters. The first-order valence-corrected chi connectivity index (χ1v) is 4.56. The minimum Gasteiger partial charge on any atom is -0.324 e. The maximum absolute atomic E-state index is 5.89. The van der Waals surface area contributed by atoms with E-state index in [2.05, 4.69) is 18.0 Å². The van der Waals surface area contributed by atoms with Crippen molar-refractivity contribution in [2.75, 3.05) is 0 Å². The highest BCUT2D eigenvalue weighted by Gasteiger charge is 2.04. The molecule has 1 rings (SSSR count). The first kappa shape index (κ1) is 8.50. The number of rotatable bonds is 3. The third-order valence-electron chi connectivity index (χ3n) is 1.54. The van der Waals surface area contributed by atoms with Crippen LogP contribution in [0.5, 0.6) is 0 Å². The summed E-state index contributed by atoms with van der Waals surface area (Å²) in [6.07, 6.45) is 0.886. The zero-order valence-electron chi connectivity index (χ0n) is 6.71. The summed E-state index contributed by atoms with van der Waals surface area (Å²) < 4.78 is 0. The van der Waals surface area contributed by atoms with Crippen molar-refractivity contribution in [2.45, 2.75) is 19.4 Å². The average molecular weight is 167 g/mol. The van der Waals surface area contributed by atoms with E-state index in [-0.39, 0.29) is 6.04 Å². The fourth-order valence-electron chi connectivity index (χ4n) is 0.979. The molecule has 1 aromatic heterocycles. The first-order valence-electron chi connectivity index (χ1n) is 3.62. The SMILES string of the molecule is C=C(C)C[C@@H](N)c1ccsc1. The second-order valence-electron chi connectivity index (χ2n) is 2.82. The molecule has 0 aliphatic rings. The van der Waals surface area contributed by atoms with Gasteiger partial charge in [-0.25, -0.2) is 0 Å². The van der Waals surface area contributed by atoms with Gasteiger partial charge in [0.2, 0.25) is 0 Å². The van der Waals surface area contributed by atoms with Gasteiger partial charge >= 0.3 is 0 Å². The molecule has 60 valence electrons. The minimum absolute atomic E-state index is 0.138. The van der Waals surface area contributed by atoms with Crippen molar-refractivity contribution in [3.05, 3.63) is 34.5 Å². The molecule has 0 amide bonds. The summed E-state index contributed by atoms with van der Waals surface area (Å²) >= 11 is 1.69. The molecule has 1 aromatic rings. The van der Waals surface area contributed by atoms with E-state index >= 15 is 0 Å². The first-order chi connectivity index (χ1) is 5.20. The Morgan fingerprint density at radius 2 is 2.55 bits per heavy atom. The van der Waals surface area contributed by atoms with Crippen LogP contribution in [0.15, 0.2) is 29.0 Å². The summed E-state index contributed by atoms with van der Waals surface area (Å²) in [5.74, 6) is 0. The van der Waals surface area contributed by atoms with Crippen molar-refractivity contribution in [3.8, 4) is 0 Å². The van der Waals surface area contributed by atoms with Crippen LogP contribution in [-0.2, 0) is 0 Å². The Bertz CT molecular complexity index is 226. The highest BCUT2D eigenvalue weighted by molar-refractivity contribution is 7.07. The molecule has 0 bridgehead atoms. The maximum atomic E-state index is 5.89. The molecule has 0 aliphatic carbocycles. The third-order valence-corrected chi connectivity index (χ3v) is 2.24. The van der Waals surface area contributed by atoms with Gasteiger partial charge in [-0.15, -0.1) is 6.58 Å². The Morgan fingerprint density at radius 1 is 1.82 bits per heavy atom. The standard InChI is InChI=1S/C9H13NS/c1-7(2)5-9(10)8-3-4-11-6-8/h3-4,6,9H,1,5,10H2,2H3/t9-/m1/s1. The van der Waals surface area contributed by atoms with Gasteiger partial charge in [-0.3, -0.25) is 0 Å². The molecular weight excluding hydrogens is 154 g/mol. The molecule has 0 fully saturated rings. The van der Waals surface area contributed by atoms with Crippen LogP contribution in [0, 0.1) is 0 Å². The van der Waals surface area contributed by atoms with Crippen LogP contribution in [-0.4, -0.2) is 0 Å². The number of hydrogen-bond donors (Lipinski definition) is 1. The molecule has 0 aliphatic heterocycles. The molecule has 11 heavy (non-hydrogen) atoms. The van der Waals surface area contributed by atoms with E-state index < -0.39 is 0 Å². The van der Waals surface area contributed by atoms with Crippen molar-refractivity contribution in [2.24, 2.45) is 5.73 Å². The van der Waals surface area contributed by atoms with Crippen LogP contribution in [0.3, 0.4) is 0 Å². The van der Waals surface area contributed by atoms with Crippen molar-refractivity contribution >= 4 is 11.3 Å². The lowest BCUT2D eigenvalue weighted by Crippen LogP contribution is -2.08. The van der Waals surface area contributed by atoms with E-state index in [9.17, 15) is 0 Å². The lowest BCUT2D eigenvalue weighted by molar-refractivity contribution is 0.720. The molecule has 0 aromatic carbocycles. The summed E-state index contributed by atoms with van der Waals surface area (Å²) in [5.41, 5.74) is 8.25. The minimum atomic E-state index is 0.138. The molecule has 2 N–H and O–H groups in total. The number of nitrogens with two attached hydrogens (primary N) is 1. The van der Waals surface area contributed by atoms with E-state index in [1.165, 1.54) is 5.56 Å². The second-order valence-corrected chi connectivity index (χ2v) is 3.60. The molecule has 1 nitrogen and oxygen atoms in total. The van der Waals surface area contributed by atoms with Gasteiger partial charge in [0.1, 0.15) is 0 Å². The van der Waals surface area contributed by atoms with Gasteiger partial charge in [-0.1, -0.05) is 5.57 Å². The normalized spacial score (nSPS) is 12.9. The molecule has 0 saturated carbocycles. The second kappa shape index (κ2) is 3.69. The molecule has 0 saturated heterocycles. The van der Waals surface area contributed by atoms with Gasteiger partial charge in [0.25, 0.3) is 0 Å². The van der Waals surface area contributed by atoms with Gasteiger partial charge in [0, 0.05) is 6.04 Å². The summed E-state index contributed by atoms with van der Waals surface area (Å²) in [7, 11) is 0. The van der Waals surface area contributed by atoms with E-state index in [1.807, 2.05) is 12.3 Å². The van der Waals surface area contributed by atoms with Gasteiger partial charge < -0.3 is 5.73 Å². The number of hydrogen-bond acceptors (Lipinski definition) is 2. The average Bonchev–Trinajstić information content (AvgIpc) is 2.35. The van der Waals surface area contributed by atoms with Crippen LogP contribution in [0.4, 0.5) is 0 Å². The van der Waals surface area contributed by atoms with Gasteiger partial charge in [-0.2, -0.15) is 11.3 Å². The predicted octanol–water partition coefficient (Wildman–Crippen LogP) is 2.71. The Labute approximate surface area is 71.5 Å². The molecule has 2 heteroatoms. The van der Waals surface area contributed by atoms with Crippen molar-refractivity contribution in [1.82, 2.24) is 0 Å². The summed E-state index contributed by atoms with van der Waals surface area (Å²) in [5, 5.41) is 4.14. The van der Waals surface area contributed by atoms with E-state index in [4.69, 9.17) is 5.73 Å². The van der Waals surface area contributed by atoms with E-state index in [0.29, 0.717) is 0 Å². The van der Waals surface area contributed by atoms with Gasteiger partial charge in [0.15, 0.2) is 0 Å². The maximum Gasteiger partial charge on any atom is 0.0340 e. The van der Waals surface area contributed by atoms with Crippen molar-refractivity contribution in [3.63, 3.8) is 0 Å². The zero-order valence-corrected chi connectivity index (χ0v) is 7.53. The highest BCUT2D eigenvalue weighted by Crippen LogP contribution is 2.19. The molecule has 0 radical (unpaired) electrons. The fourth-order valence-corrected chi connectivity index (χ4v) is 1.70. The largest absolute Gasteiger partial charge is 0.324 e. The lowest BCUT2D eigenvalue weighted by atomic mass is 10.0. The van der Waals surface area contributed by atoms with Crippen LogP contribution < -0.4 is 5.73 Å². The van der Waals surface area contributed by atoms with E-state index in [0.717, 1.165) is 12.0 Å². The zero-order chi connectivity index (χ0) is 8.27. The third kappa shape index (κ3) is 2.48. The quantitative estimate of drug-likeness (QED) is 0.688.